The monoisotopic (exact) mass is 671 g/mol. The number of amides is 4. The molecule has 2 bridgehead atoms. The van der Waals surface area contributed by atoms with E-state index in [1.54, 1.807) is 30.4 Å². The molecule has 0 aromatic heterocycles. The van der Waals surface area contributed by atoms with Gasteiger partial charge in [-0.25, -0.2) is 0 Å². The van der Waals surface area contributed by atoms with Crippen LogP contribution in [-0.4, -0.2) is 65.3 Å². The molecule has 223 valence electrons. The Kier molecular flexibility index (Phi) is 20.1. The minimum absolute atomic E-state index is 0. The fourth-order valence-corrected chi connectivity index (χ4v) is 5.69. The molecule has 1 aromatic rings. The summed E-state index contributed by atoms with van der Waals surface area (Å²) in [6, 6.07) is 6.17. The largest absolute Gasteiger partial charge is 0.412 e. The average Bonchev–Trinajstić information content (AvgIpc) is 2.88. The van der Waals surface area contributed by atoms with Gasteiger partial charge in [-0.1, -0.05) is 58.4 Å². The van der Waals surface area contributed by atoms with Crippen molar-refractivity contribution < 1.29 is 57.4 Å². The predicted octanol–water partition coefficient (Wildman–Crippen LogP) is 2.41. The number of carbonyl (C=O) groups excluding carboxylic acids is 4. The Morgan fingerprint density at radius 3 is 1.98 bits per heavy atom. The third-order valence-corrected chi connectivity index (χ3v) is 8.54. The molecule has 2 aliphatic rings. The molecule has 0 unspecified atom stereocenters. The van der Waals surface area contributed by atoms with Crippen LogP contribution in [0.25, 0.3) is 0 Å². The van der Waals surface area contributed by atoms with E-state index >= 15 is 0 Å². The second kappa shape index (κ2) is 20.7. The molecule has 0 aliphatic carbocycles. The summed E-state index contributed by atoms with van der Waals surface area (Å²) in [4.78, 5) is 51.6. The van der Waals surface area contributed by atoms with Gasteiger partial charge in [-0.15, -0.1) is 0 Å². The van der Waals surface area contributed by atoms with Gasteiger partial charge in [-0.05, 0) is 36.3 Å². The van der Waals surface area contributed by atoms with Crippen LogP contribution in [-0.2, 0) is 63.4 Å². The first-order valence-corrected chi connectivity index (χ1v) is 15.8. The molecular formula is C28H46N4O5S2Y. The van der Waals surface area contributed by atoms with Gasteiger partial charge >= 0.3 is 0 Å². The number of benzene rings is 1. The SMILES string of the molecule is CC[C@H](C)[C@@H]1NC(=O)[C@H](CC(C)C)NC(=O)[C@H](C)NC(=O)CCSCc2ccc(cc2)CSCCNC1=O.O.[Y]. The maximum atomic E-state index is 13.3. The zero-order valence-corrected chi connectivity index (χ0v) is 28.9. The Morgan fingerprint density at radius 1 is 0.850 bits per heavy atom. The topological polar surface area (TPSA) is 148 Å². The van der Waals surface area contributed by atoms with E-state index in [0.29, 0.717) is 31.6 Å². The van der Waals surface area contributed by atoms with Gasteiger partial charge in [0.25, 0.3) is 0 Å². The maximum Gasteiger partial charge on any atom is 0.243 e. The van der Waals surface area contributed by atoms with E-state index in [1.807, 2.05) is 27.7 Å². The molecule has 6 N–H and O–H groups in total. The van der Waals surface area contributed by atoms with Gasteiger partial charge in [0.2, 0.25) is 23.6 Å². The Morgan fingerprint density at radius 2 is 1.43 bits per heavy atom. The van der Waals surface area contributed by atoms with E-state index in [9.17, 15) is 19.2 Å². The molecule has 4 atom stereocenters. The molecule has 0 spiro atoms. The van der Waals surface area contributed by atoms with Crippen LogP contribution in [0.5, 0.6) is 0 Å². The van der Waals surface area contributed by atoms with Gasteiger partial charge in [0.1, 0.15) is 18.1 Å². The number of hydrogen-bond donors (Lipinski definition) is 4. The number of fused-ring (bicyclic) bond motifs is 20. The van der Waals surface area contributed by atoms with E-state index in [-0.39, 0.29) is 61.8 Å². The van der Waals surface area contributed by atoms with Gasteiger partial charge in [-0.3, -0.25) is 19.2 Å². The van der Waals surface area contributed by atoms with Crippen LogP contribution in [0.1, 0.15) is 65.0 Å². The first kappa shape index (κ1) is 38.9. The van der Waals surface area contributed by atoms with Crippen molar-refractivity contribution >= 4 is 47.2 Å². The third kappa shape index (κ3) is 14.2. The Hall–Kier alpha value is -1.14. The van der Waals surface area contributed by atoms with Crippen molar-refractivity contribution in [2.75, 3.05) is 18.1 Å². The minimum atomic E-state index is -0.807. The van der Waals surface area contributed by atoms with Crippen molar-refractivity contribution in [2.24, 2.45) is 11.8 Å². The van der Waals surface area contributed by atoms with Gasteiger partial charge in [0.05, 0.1) is 0 Å². The van der Waals surface area contributed by atoms with Gasteiger partial charge < -0.3 is 26.7 Å². The van der Waals surface area contributed by atoms with E-state index in [0.717, 1.165) is 17.3 Å². The molecule has 3 rings (SSSR count). The Balaban J connectivity index is 0.00000760. The minimum Gasteiger partial charge on any atom is -0.412 e. The Bertz CT molecular complexity index is 936. The summed E-state index contributed by atoms with van der Waals surface area (Å²) in [6.45, 7) is 9.96. The van der Waals surface area contributed by atoms with Gasteiger partial charge in [0.15, 0.2) is 0 Å². The van der Waals surface area contributed by atoms with Gasteiger partial charge in [0, 0.05) is 68.7 Å². The zero-order valence-electron chi connectivity index (χ0n) is 24.4. The van der Waals surface area contributed by atoms with E-state index in [1.165, 1.54) is 11.1 Å². The molecule has 0 saturated heterocycles. The van der Waals surface area contributed by atoms with E-state index < -0.39 is 29.9 Å². The normalized spacial score (nSPS) is 23.0. The first-order chi connectivity index (χ1) is 18.1. The molecule has 1 aromatic carbocycles. The summed E-state index contributed by atoms with van der Waals surface area (Å²) < 4.78 is 0. The fraction of sp³-hybridized carbons (Fsp3) is 0.643. The molecule has 0 fully saturated rings. The fourth-order valence-electron chi connectivity index (χ4n) is 3.97. The molecule has 0 saturated carbocycles. The number of rotatable bonds is 4. The quantitative estimate of drug-likeness (QED) is 0.362. The average molecular weight is 672 g/mol. The molecule has 1 radical (unpaired) electrons. The summed E-state index contributed by atoms with van der Waals surface area (Å²) in [5.41, 5.74) is 2.42. The molecular weight excluding hydrogens is 625 g/mol. The van der Waals surface area contributed by atoms with Crippen LogP contribution in [0.4, 0.5) is 0 Å². The number of carbonyl (C=O) groups is 4. The smallest absolute Gasteiger partial charge is 0.243 e. The van der Waals surface area contributed by atoms with Crippen molar-refractivity contribution in [2.45, 2.75) is 83.5 Å². The molecule has 40 heavy (non-hydrogen) atoms. The standard InChI is InChI=1S/C28H44N4O4S2.H2O.Y/c1-6-19(4)25-28(36)29-12-14-38-17-22-9-7-21(8-10-22)16-37-13-11-24(33)30-20(5)26(34)31-23(15-18(2)3)27(35)32-25;;/h7-10,18-20,23,25H,6,11-17H2,1-5H3,(H,29,36)(H,30,33)(H,31,34)(H,32,35);1H2;/t19-,20-,23-,25-;;/m0../s1. The van der Waals surface area contributed by atoms with Crippen LogP contribution in [0, 0.1) is 11.8 Å². The summed E-state index contributed by atoms with van der Waals surface area (Å²) in [6.07, 6.45) is 1.43. The van der Waals surface area contributed by atoms with Crippen molar-refractivity contribution in [3.05, 3.63) is 35.4 Å². The molecule has 2 aliphatic heterocycles. The van der Waals surface area contributed by atoms with Crippen molar-refractivity contribution in [1.82, 2.24) is 21.3 Å². The molecule has 12 heteroatoms. The first-order valence-electron chi connectivity index (χ1n) is 13.5. The summed E-state index contributed by atoms with van der Waals surface area (Å²) in [5, 5.41) is 11.4. The van der Waals surface area contributed by atoms with E-state index in [4.69, 9.17) is 0 Å². The van der Waals surface area contributed by atoms with Crippen LogP contribution >= 0.6 is 23.5 Å². The maximum absolute atomic E-state index is 13.3. The number of nitrogens with one attached hydrogen (secondary N) is 4. The van der Waals surface area contributed by atoms with E-state index in [2.05, 4.69) is 45.5 Å². The van der Waals surface area contributed by atoms with Crippen LogP contribution in [0.15, 0.2) is 24.3 Å². The second-order valence-electron chi connectivity index (χ2n) is 10.3. The zero-order chi connectivity index (χ0) is 28.1. The number of hydrogen-bond acceptors (Lipinski definition) is 6. The summed E-state index contributed by atoms with van der Waals surface area (Å²) in [7, 11) is 0. The summed E-state index contributed by atoms with van der Waals surface area (Å²) in [5.74, 6) is 1.89. The van der Waals surface area contributed by atoms with Gasteiger partial charge in [-0.2, -0.15) is 23.5 Å². The summed E-state index contributed by atoms with van der Waals surface area (Å²) >= 11 is 3.42. The van der Waals surface area contributed by atoms with Crippen molar-refractivity contribution in [3.63, 3.8) is 0 Å². The Labute approximate surface area is 272 Å². The predicted molar refractivity (Wildman–Crippen MR) is 160 cm³/mol. The van der Waals surface area contributed by atoms with Crippen molar-refractivity contribution in [3.8, 4) is 0 Å². The molecule has 2 heterocycles. The van der Waals surface area contributed by atoms with Crippen LogP contribution in [0.2, 0.25) is 0 Å². The molecule has 9 nitrogen and oxygen atoms in total. The molecule has 4 amide bonds. The van der Waals surface area contributed by atoms with Crippen molar-refractivity contribution in [1.29, 1.82) is 0 Å². The van der Waals surface area contributed by atoms with Crippen LogP contribution in [0.3, 0.4) is 0 Å². The third-order valence-electron chi connectivity index (χ3n) is 6.48. The van der Waals surface area contributed by atoms with Crippen LogP contribution < -0.4 is 21.3 Å². The number of thioether (sulfide) groups is 2. The second-order valence-corrected chi connectivity index (χ2v) is 12.5.